The molecular weight excluding hydrogens is 428 g/mol. The highest BCUT2D eigenvalue weighted by Crippen LogP contribution is 2.13. The third-order valence-electron chi connectivity index (χ3n) is 5.18. The van der Waals surface area contributed by atoms with E-state index in [9.17, 15) is 14.4 Å². The lowest BCUT2D eigenvalue weighted by atomic mass is 10.0. The van der Waals surface area contributed by atoms with Gasteiger partial charge in [-0.25, -0.2) is 0 Å². The van der Waals surface area contributed by atoms with Gasteiger partial charge in [-0.05, 0) is 6.42 Å². The zero-order chi connectivity index (χ0) is 25.2. The molecule has 0 bridgehead atoms. The molecule has 0 atom stereocenters. The lowest BCUT2D eigenvalue weighted by Crippen LogP contribution is -2.15. The van der Waals surface area contributed by atoms with Crippen LogP contribution in [0.5, 0.6) is 0 Å². The molecule has 4 N–H and O–H groups in total. The molecule has 0 aromatic heterocycles. The summed E-state index contributed by atoms with van der Waals surface area (Å²) in [6.07, 6.45) is 17.6. The number of carboxylic acids is 1. The highest BCUT2D eigenvalue weighted by atomic mass is 16.6. The van der Waals surface area contributed by atoms with E-state index in [1.54, 1.807) is 0 Å². The van der Waals surface area contributed by atoms with E-state index in [1.807, 2.05) is 0 Å². The zero-order valence-electron chi connectivity index (χ0n) is 20.6. The molecule has 0 saturated heterocycles. The number of ether oxygens (including phenoxy) is 1. The number of aliphatic carboxylic acids is 1. The second-order valence-electron chi connectivity index (χ2n) is 8.46. The van der Waals surface area contributed by atoms with Gasteiger partial charge in [-0.3, -0.25) is 14.4 Å². The molecule has 33 heavy (non-hydrogen) atoms. The number of aliphatic hydroxyl groups excluding tert-OH is 3. The van der Waals surface area contributed by atoms with Crippen molar-refractivity contribution in [2.24, 2.45) is 0 Å². The highest BCUT2D eigenvalue weighted by molar-refractivity contribution is 5.86. The zero-order valence-corrected chi connectivity index (χ0v) is 20.6. The van der Waals surface area contributed by atoms with Gasteiger partial charge in [-0.2, -0.15) is 0 Å². The van der Waals surface area contributed by atoms with Crippen LogP contribution >= 0.6 is 0 Å². The fourth-order valence-electron chi connectivity index (χ4n) is 3.14. The topological polar surface area (TPSA) is 141 Å². The number of esters is 2. The van der Waals surface area contributed by atoms with Crippen LogP contribution in [0.3, 0.4) is 0 Å². The van der Waals surface area contributed by atoms with Crippen molar-refractivity contribution in [1.29, 1.82) is 0 Å². The molecule has 0 aliphatic heterocycles. The van der Waals surface area contributed by atoms with Crippen molar-refractivity contribution in [1.82, 2.24) is 0 Å². The molecule has 0 aromatic rings. The number of carbonyl (C=O) groups excluding carboxylic acids is 2. The van der Waals surface area contributed by atoms with Crippen molar-refractivity contribution in [3.63, 3.8) is 0 Å². The largest absolute Gasteiger partial charge is 0.481 e. The van der Waals surface area contributed by atoms with E-state index < -0.39 is 24.0 Å². The molecule has 0 radical (unpaired) electrons. The first-order valence-corrected chi connectivity index (χ1v) is 12.7. The third-order valence-corrected chi connectivity index (χ3v) is 5.18. The van der Waals surface area contributed by atoms with Gasteiger partial charge >= 0.3 is 17.9 Å². The molecular formula is C25H48O8. The molecule has 0 aromatic carbocycles. The van der Waals surface area contributed by atoms with E-state index in [2.05, 4.69) is 11.7 Å². The van der Waals surface area contributed by atoms with E-state index in [0.29, 0.717) is 0 Å². The van der Waals surface area contributed by atoms with Crippen LogP contribution in [-0.2, 0) is 19.1 Å². The first-order chi connectivity index (χ1) is 15.9. The summed E-state index contributed by atoms with van der Waals surface area (Å²) in [4.78, 5) is 33.0. The van der Waals surface area contributed by atoms with Gasteiger partial charge < -0.3 is 25.2 Å². The molecule has 0 amide bonds. The Morgan fingerprint density at radius 2 is 0.970 bits per heavy atom. The summed E-state index contributed by atoms with van der Waals surface area (Å²) in [6, 6.07) is 0. The molecule has 0 rings (SSSR count). The Kier molecular flexibility index (Phi) is 27.3. The van der Waals surface area contributed by atoms with Crippen molar-refractivity contribution < 1.29 is 39.5 Å². The minimum atomic E-state index is -1.07. The van der Waals surface area contributed by atoms with Gasteiger partial charge in [0.1, 0.15) is 6.10 Å². The summed E-state index contributed by atoms with van der Waals surface area (Å²) >= 11 is 0. The summed E-state index contributed by atoms with van der Waals surface area (Å²) in [5.74, 6) is -2.36. The third kappa shape index (κ3) is 30.5. The minimum absolute atomic E-state index is 0.233. The molecule has 196 valence electrons. The molecule has 0 spiro atoms. The molecule has 0 heterocycles. The SMILES string of the molecule is CCCCCCCCCCCCCCCCCC(=O)OC(=O)CCC(=O)O.OCC(O)CO. The fraction of sp³-hybridized carbons (Fsp3) is 0.880. The van der Waals surface area contributed by atoms with Crippen LogP contribution < -0.4 is 0 Å². The number of carbonyl (C=O) groups is 3. The minimum Gasteiger partial charge on any atom is -0.481 e. The van der Waals surface area contributed by atoms with Crippen LogP contribution in [-0.4, -0.2) is 57.7 Å². The first-order valence-electron chi connectivity index (χ1n) is 12.7. The molecule has 0 saturated carbocycles. The molecule has 0 unspecified atom stereocenters. The van der Waals surface area contributed by atoms with Gasteiger partial charge in [-0.1, -0.05) is 96.8 Å². The lowest BCUT2D eigenvalue weighted by Gasteiger charge is -2.04. The Morgan fingerprint density at radius 3 is 1.30 bits per heavy atom. The second kappa shape index (κ2) is 26.7. The van der Waals surface area contributed by atoms with Crippen molar-refractivity contribution >= 4 is 17.9 Å². The van der Waals surface area contributed by atoms with Crippen molar-refractivity contribution in [2.45, 2.75) is 129 Å². The maximum Gasteiger partial charge on any atom is 0.314 e. The van der Waals surface area contributed by atoms with Crippen LogP contribution in [0.2, 0.25) is 0 Å². The van der Waals surface area contributed by atoms with Crippen molar-refractivity contribution in [3.8, 4) is 0 Å². The fourth-order valence-corrected chi connectivity index (χ4v) is 3.14. The Labute approximate surface area is 199 Å². The number of unbranched alkanes of at least 4 members (excludes halogenated alkanes) is 14. The standard InChI is InChI=1S/C22H40O5.C3H8O3/c1-2-3-4-5-6-7-8-9-10-11-12-13-14-15-16-17-21(25)27-22(26)19-18-20(23)24;4-1-3(6)2-5/h2-19H2,1H3,(H,23,24);3-6H,1-2H2. The second-order valence-corrected chi connectivity index (χ2v) is 8.46. The Hall–Kier alpha value is -1.51. The molecule has 0 aliphatic rings. The molecule has 8 nitrogen and oxygen atoms in total. The normalized spacial score (nSPS) is 10.6. The van der Waals surface area contributed by atoms with Crippen molar-refractivity contribution in [2.75, 3.05) is 13.2 Å². The average molecular weight is 477 g/mol. The molecule has 8 heteroatoms. The van der Waals surface area contributed by atoms with Gasteiger partial charge in [0.2, 0.25) is 0 Å². The van der Waals surface area contributed by atoms with Crippen molar-refractivity contribution in [3.05, 3.63) is 0 Å². The Balaban J connectivity index is 0. The molecule has 0 fully saturated rings. The van der Waals surface area contributed by atoms with E-state index in [4.69, 9.17) is 20.4 Å². The smallest absolute Gasteiger partial charge is 0.314 e. The quantitative estimate of drug-likeness (QED) is 0.108. The first kappa shape index (κ1) is 33.7. The number of hydrogen-bond acceptors (Lipinski definition) is 7. The number of carboxylic acid groups (broad SMARTS) is 1. The van der Waals surface area contributed by atoms with Crippen LogP contribution in [0.1, 0.15) is 122 Å². The van der Waals surface area contributed by atoms with Crippen LogP contribution in [0.15, 0.2) is 0 Å². The van der Waals surface area contributed by atoms with E-state index in [1.165, 1.54) is 77.0 Å². The maximum absolute atomic E-state index is 11.4. The number of aliphatic hydroxyl groups is 3. The van der Waals surface area contributed by atoms with Gasteiger partial charge in [0.15, 0.2) is 0 Å². The monoisotopic (exact) mass is 476 g/mol. The van der Waals surface area contributed by atoms with Gasteiger partial charge in [0, 0.05) is 6.42 Å². The van der Waals surface area contributed by atoms with Crippen LogP contribution in [0.25, 0.3) is 0 Å². The average Bonchev–Trinajstić information content (AvgIpc) is 2.80. The summed E-state index contributed by atoms with van der Waals surface area (Å²) < 4.78 is 4.58. The maximum atomic E-state index is 11.4. The van der Waals surface area contributed by atoms with Gasteiger partial charge in [-0.15, -0.1) is 0 Å². The van der Waals surface area contributed by atoms with E-state index in [0.717, 1.165) is 19.3 Å². The van der Waals surface area contributed by atoms with Crippen LogP contribution in [0.4, 0.5) is 0 Å². The van der Waals surface area contributed by atoms with E-state index in [-0.39, 0.29) is 32.5 Å². The Morgan fingerprint density at radius 1 is 0.606 bits per heavy atom. The summed E-state index contributed by atoms with van der Waals surface area (Å²) in [5, 5.41) is 32.5. The summed E-state index contributed by atoms with van der Waals surface area (Å²) in [6.45, 7) is 1.52. The van der Waals surface area contributed by atoms with Gasteiger partial charge in [0.05, 0.1) is 26.1 Å². The number of hydrogen-bond donors (Lipinski definition) is 4. The lowest BCUT2D eigenvalue weighted by molar-refractivity contribution is -0.161. The van der Waals surface area contributed by atoms with Crippen LogP contribution in [0, 0.1) is 0 Å². The van der Waals surface area contributed by atoms with E-state index >= 15 is 0 Å². The Bertz CT molecular complexity index is 463. The predicted molar refractivity (Wildman–Crippen MR) is 128 cm³/mol. The highest BCUT2D eigenvalue weighted by Gasteiger charge is 2.11. The summed E-state index contributed by atoms with van der Waals surface area (Å²) in [5.41, 5.74) is 0. The molecule has 0 aliphatic carbocycles. The predicted octanol–water partition coefficient (Wildman–Crippen LogP) is 4.51. The summed E-state index contributed by atoms with van der Waals surface area (Å²) in [7, 11) is 0. The van der Waals surface area contributed by atoms with Gasteiger partial charge in [0.25, 0.3) is 0 Å². The number of rotatable bonds is 21.